The van der Waals surface area contributed by atoms with E-state index in [1.54, 1.807) is 28.0 Å². The minimum Gasteiger partial charge on any atom is -0.335 e. The molecule has 3 rings (SSSR count). The van der Waals surface area contributed by atoms with E-state index in [1.165, 1.54) is 0 Å². The Bertz CT molecular complexity index is 786. The molecule has 27 heavy (non-hydrogen) atoms. The highest BCUT2D eigenvalue weighted by Crippen LogP contribution is 2.11. The van der Waals surface area contributed by atoms with Crippen LogP contribution in [0.2, 0.25) is 0 Å². The average molecular weight is 366 g/mol. The topological polar surface area (TPSA) is 56.8 Å². The highest BCUT2D eigenvalue weighted by atomic mass is 16.2. The summed E-state index contributed by atoms with van der Waals surface area (Å²) in [6.45, 7) is 6.12. The molecule has 0 saturated carbocycles. The van der Waals surface area contributed by atoms with E-state index in [9.17, 15) is 9.59 Å². The molecule has 0 N–H and O–H groups in total. The van der Waals surface area contributed by atoms with Crippen LogP contribution < -0.4 is 0 Å². The van der Waals surface area contributed by atoms with Gasteiger partial charge >= 0.3 is 0 Å². The fourth-order valence-corrected chi connectivity index (χ4v) is 3.14. The maximum absolute atomic E-state index is 12.9. The van der Waals surface area contributed by atoms with Gasteiger partial charge in [-0.05, 0) is 31.7 Å². The van der Waals surface area contributed by atoms with Crippen LogP contribution in [0.25, 0.3) is 0 Å². The predicted molar refractivity (Wildman–Crippen MR) is 104 cm³/mol. The zero-order valence-electron chi connectivity index (χ0n) is 16.0. The van der Waals surface area contributed by atoms with E-state index in [-0.39, 0.29) is 11.8 Å². The normalized spacial score (nSPS) is 14.8. The maximum atomic E-state index is 12.9. The molecule has 0 atom stereocenters. The molecule has 2 aromatic rings. The summed E-state index contributed by atoms with van der Waals surface area (Å²) in [7, 11) is 2.05. The van der Waals surface area contributed by atoms with Crippen LogP contribution >= 0.6 is 0 Å². The summed E-state index contributed by atoms with van der Waals surface area (Å²) in [5.41, 5.74) is 1.71. The molecule has 1 aromatic carbocycles. The molecule has 0 aliphatic carbocycles. The first-order chi connectivity index (χ1) is 13.1. The van der Waals surface area contributed by atoms with Crippen molar-refractivity contribution in [2.45, 2.75) is 13.5 Å². The van der Waals surface area contributed by atoms with E-state index in [0.29, 0.717) is 37.6 Å². The van der Waals surface area contributed by atoms with Crippen molar-refractivity contribution in [3.63, 3.8) is 0 Å². The Morgan fingerprint density at radius 2 is 1.63 bits per heavy atom. The van der Waals surface area contributed by atoms with Crippen molar-refractivity contribution >= 4 is 11.8 Å². The van der Waals surface area contributed by atoms with Gasteiger partial charge in [-0.3, -0.25) is 9.59 Å². The summed E-state index contributed by atoms with van der Waals surface area (Å²) in [6.07, 6.45) is 0. The van der Waals surface area contributed by atoms with Crippen LogP contribution in [0.4, 0.5) is 0 Å². The molecular formula is C21H26N4O2. The number of rotatable bonds is 5. The summed E-state index contributed by atoms with van der Waals surface area (Å²) >= 11 is 0. The third-order valence-electron chi connectivity index (χ3n) is 4.86. The number of nitrogens with zero attached hydrogens (tertiary/aromatic N) is 4. The third kappa shape index (κ3) is 4.71. The maximum Gasteiger partial charge on any atom is 0.272 e. The van der Waals surface area contributed by atoms with Gasteiger partial charge in [0.25, 0.3) is 11.8 Å². The molecule has 0 unspecified atom stereocenters. The quantitative estimate of drug-likeness (QED) is 0.813. The van der Waals surface area contributed by atoms with Crippen molar-refractivity contribution in [2.75, 3.05) is 39.8 Å². The Kier molecular flexibility index (Phi) is 6.19. The molecule has 6 heteroatoms. The molecule has 0 spiro atoms. The van der Waals surface area contributed by atoms with Crippen molar-refractivity contribution in [3.8, 4) is 0 Å². The van der Waals surface area contributed by atoms with Crippen LogP contribution in [0.1, 0.15) is 33.5 Å². The second kappa shape index (κ2) is 8.77. The van der Waals surface area contributed by atoms with Gasteiger partial charge < -0.3 is 14.7 Å². The van der Waals surface area contributed by atoms with Crippen LogP contribution in [0.3, 0.4) is 0 Å². The van der Waals surface area contributed by atoms with E-state index in [0.717, 1.165) is 18.7 Å². The van der Waals surface area contributed by atoms with Crippen molar-refractivity contribution in [3.05, 3.63) is 65.5 Å². The first kappa shape index (κ1) is 19.0. The molecule has 6 nitrogen and oxygen atoms in total. The van der Waals surface area contributed by atoms with Gasteiger partial charge in [0.2, 0.25) is 0 Å². The zero-order chi connectivity index (χ0) is 19.2. The Morgan fingerprint density at radius 3 is 2.30 bits per heavy atom. The monoisotopic (exact) mass is 366 g/mol. The van der Waals surface area contributed by atoms with Crippen LogP contribution in [-0.4, -0.2) is 71.3 Å². The number of pyridine rings is 1. The summed E-state index contributed by atoms with van der Waals surface area (Å²) in [6, 6.07) is 15.0. The molecule has 1 aliphatic rings. The lowest BCUT2D eigenvalue weighted by molar-refractivity contribution is 0.0657. The van der Waals surface area contributed by atoms with Gasteiger partial charge in [-0.2, -0.15) is 0 Å². The zero-order valence-corrected chi connectivity index (χ0v) is 16.0. The van der Waals surface area contributed by atoms with Crippen LogP contribution in [0, 0.1) is 0 Å². The second-order valence-electron chi connectivity index (χ2n) is 6.81. The Morgan fingerprint density at radius 1 is 0.963 bits per heavy atom. The number of carbonyl (C=O) groups is 2. The van der Waals surface area contributed by atoms with E-state index >= 15 is 0 Å². The van der Waals surface area contributed by atoms with Crippen molar-refractivity contribution in [1.82, 2.24) is 19.7 Å². The van der Waals surface area contributed by atoms with Gasteiger partial charge in [0.05, 0.1) is 0 Å². The number of hydrogen-bond donors (Lipinski definition) is 0. The second-order valence-corrected chi connectivity index (χ2v) is 6.81. The summed E-state index contributed by atoms with van der Waals surface area (Å²) < 4.78 is 0. The minimum atomic E-state index is -0.158. The molecule has 1 aliphatic heterocycles. The average Bonchev–Trinajstić information content (AvgIpc) is 2.72. The van der Waals surface area contributed by atoms with Gasteiger partial charge in [-0.1, -0.05) is 36.4 Å². The van der Waals surface area contributed by atoms with Crippen molar-refractivity contribution < 1.29 is 9.59 Å². The van der Waals surface area contributed by atoms with Crippen LogP contribution in [0.15, 0.2) is 48.5 Å². The molecule has 142 valence electrons. The molecule has 0 bridgehead atoms. The first-order valence-electron chi connectivity index (χ1n) is 9.36. The van der Waals surface area contributed by atoms with Crippen LogP contribution in [-0.2, 0) is 6.54 Å². The van der Waals surface area contributed by atoms with E-state index in [2.05, 4.69) is 9.88 Å². The molecule has 2 heterocycles. The SMILES string of the molecule is CCN(Cc1ccccc1)C(=O)c1cccc(C(=O)N2CCN(C)CC2)n1. The number of aromatic nitrogens is 1. The fraction of sp³-hybridized carbons (Fsp3) is 0.381. The Labute approximate surface area is 160 Å². The smallest absolute Gasteiger partial charge is 0.272 e. The van der Waals surface area contributed by atoms with Crippen molar-refractivity contribution in [2.24, 2.45) is 0 Å². The molecule has 1 aromatic heterocycles. The summed E-state index contributed by atoms with van der Waals surface area (Å²) in [4.78, 5) is 35.8. The highest BCUT2D eigenvalue weighted by molar-refractivity contribution is 5.96. The van der Waals surface area contributed by atoms with Gasteiger partial charge in [0.1, 0.15) is 11.4 Å². The fourth-order valence-electron chi connectivity index (χ4n) is 3.14. The Hall–Kier alpha value is -2.73. The molecule has 1 saturated heterocycles. The van der Waals surface area contributed by atoms with E-state index in [1.807, 2.05) is 44.3 Å². The van der Waals surface area contributed by atoms with Gasteiger partial charge in [-0.25, -0.2) is 4.98 Å². The molecule has 2 amide bonds. The van der Waals surface area contributed by atoms with Gasteiger partial charge in [0.15, 0.2) is 0 Å². The van der Waals surface area contributed by atoms with E-state index in [4.69, 9.17) is 0 Å². The van der Waals surface area contributed by atoms with Crippen molar-refractivity contribution in [1.29, 1.82) is 0 Å². The number of carbonyl (C=O) groups excluding carboxylic acids is 2. The Balaban J connectivity index is 1.73. The highest BCUT2D eigenvalue weighted by Gasteiger charge is 2.23. The minimum absolute atomic E-state index is 0.108. The summed E-state index contributed by atoms with van der Waals surface area (Å²) in [5, 5.41) is 0. The lowest BCUT2D eigenvalue weighted by Crippen LogP contribution is -2.47. The summed E-state index contributed by atoms with van der Waals surface area (Å²) in [5.74, 6) is -0.266. The number of amides is 2. The third-order valence-corrected chi connectivity index (χ3v) is 4.86. The molecule has 0 radical (unpaired) electrons. The van der Waals surface area contributed by atoms with Gasteiger partial charge in [-0.15, -0.1) is 0 Å². The number of likely N-dealkylation sites (N-methyl/N-ethyl adjacent to an activating group) is 1. The molecule has 1 fully saturated rings. The lowest BCUT2D eigenvalue weighted by Gasteiger charge is -2.32. The first-order valence-corrected chi connectivity index (χ1v) is 9.36. The largest absolute Gasteiger partial charge is 0.335 e. The molecular weight excluding hydrogens is 340 g/mol. The number of hydrogen-bond acceptors (Lipinski definition) is 4. The number of benzene rings is 1. The van der Waals surface area contributed by atoms with Crippen LogP contribution in [0.5, 0.6) is 0 Å². The predicted octanol–water partition coefficient (Wildman–Crippen LogP) is 2.13. The lowest BCUT2D eigenvalue weighted by atomic mass is 10.2. The standard InChI is InChI=1S/C21H26N4O2/c1-3-24(16-17-8-5-4-6-9-17)20(26)18-10-7-11-19(22-18)21(27)25-14-12-23(2)13-15-25/h4-11H,3,12-16H2,1-2H3. The van der Waals surface area contributed by atoms with E-state index < -0.39 is 0 Å². The number of piperazine rings is 1. The van der Waals surface area contributed by atoms with Gasteiger partial charge in [0, 0.05) is 39.3 Å².